The molecule has 0 radical (unpaired) electrons. The summed E-state index contributed by atoms with van der Waals surface area (Å²) in [6.07, 6.45) is 5.21. The van der Waals surface area contributed by atoms with Crippen LogP contribution in [0.5, 0.6) is 0 Å². The highest BCUT2D eigenvalue weighted by Crippen LogP contribution is 2.22. The van der Waals surface area contributed by atoms with Gasteiger partial charge in [-0.15, -0.1) is 0 Å². The lowest BCUT2D eigenvalue weighted by molar-refractivity contribution is -0.130. The third-order valence-corrected chi connectivity index (χ3v) is 4.77. The van der Waals surface area contributed by atoms with Crippen LogP contribution in [0.4, 0.5) is 0 Å². The Balaban J connectivity index is 1.56. The van der Waals surface area contributed by atoms with Gasteiger partial charge in [0.1, 0.15) is 11.9 Å². The van der Waals surface area contributed by atoms with Crippen molar-refractivity contribution in [1.29, 1.82) is 5.26 Å². The van der Waals surface area contributed by atoms with Gasteiger partial charge in [0, 0.05) is 42.7 Å². The molecule has 0 aromatic carbocycles. The Bertz CT molecular complexity index is 794. The summed E-state index contributed by atoms with van der Waals surface area (Å²) in [6.45, 7) is 5.67. The second kappa shape index (κ2) is 8.11. The van der Waals surface area contributed by atoms with Crippen molar-refractivity contribution in [3.63, 3.8) is 0 Å². The maximum absolute atomic E-state index is 12.3. The average molecular weight is 352 g/mol. The highest BCUT2D eigenvalue weighted by atomic mass is 16.2. The summed E-state index contributed by atoms with van der Waals surface area (Å²) in [7, 11) is 0. The number of nitrogens with zero attached hydrogens (tertiary/aromatic N) is 4. The van der Waals surface area contributed by atoms with E-state index in [1.807, 2.05) is 19.1 Å². The van der Waals surface area contributed by atoms with E-state index < -0.39 is 0 Å². The molecule has 0 aliphatic carbocycles. The van der Waals surface area contributed by atoms with Crippen LogP contribution in [0, 0.1) is 18.3 Å². The number of imidazole rings is 1. The predicted octanol–water partition coefficient (Wildman–Crippen LogP) is 1.99. The van der Waals surface area contributed by atoms with Crippen molar-refractivity contribution in [2.45, 2.75) is 38.6 Å². The highest BCUT2D eigenvalue weighted by Gasteiger charge is 2.28. The van der Waals surface area contributed by atoms with Gasteiger partial charge in [0.15, 0.2) is 0 Å². The molecular weight excluding hydrogens is 328 g/mol. The average Bonchev–Trinajstić information content (AvgIpc) is 3.28. The van der Waals surface area contributed by atoms with E-state index in [0.717, 1.165) is 35.6 Å². The molecular formula is C19H24N6O. The first-order chi connectivity index (χ1) is 12.6. The molecule has 7 nitrogen and oxygen atoms in total. The van der Waals surface area contributed by atoms with Crippen molar-refractivity contribution in [3.05, 3.63) is 35.9 Å². The number of carbonyl (C=O) groups excluding carboxylic acids is 1. The summed E-state index contributed by atoms with van der Waals surface area (Å²) in [4.78, 5) is 26.1. The molecule has 1 aliphatic rings. The molecule has 3 rings (SSSR count). The molecule has 2 aromatic heterocycles. The quantitative estimate of drug-likeness (QED) is 0.828. The lowest BCUT2D eigenvalue weighted by atomic mass is 10.1. The molecule has 0 spiro atoms. The molecule has 0 saturated carbocycles. The van der Waals surface area contributed by atoms with Gasteiger partial charge in [0.05, 0.1) is 18.3 Å². The fourth-order valence-corrected chi connectivity index (χ4v) is 3.39. The van der Waals surface area contributed by atoms with Crippen molar-refractivity contribution in [3.8, 4) is 17.5 Å². The van der Waals surface area contributed by atoms with Gasteiger partial charge in [-0.3, -0.25) is 9.78 Å². The number of aromatic amines is 1. The predicted molar refractivity (Wildman–Crippen MR) is 98.2 cm³/mol. The summed E-state index contributed by atoms with van der Waals surface area (Å²) in [5, 5.41) is 12.3. The Hall–Kier alpha value is -2.72. The van der Waals surface area contributed by atoms with Crippen LogP contribution in [-0.2, 0) is 4.79 Å². The van der Waals surface area contributed by atoms with Gasteiger partial charge < -0.3 is 15.2 Å². The van der Waals surface area contributed by atoms with Crippen LogP contribution in [0.25, 0.3) is 11.4 Å². The van der Waals surface area contributed by atoms with E-state index in [-0.39, 0.29) is 24.4 Å². The Labute approximate surface area is 153 Å². The summed E-state index contributed by atoms with van der Waals surface area (Å²) in [5.41, 5.74) is 2.96. The smallest absolute Gasteiger partial charge is 0.237 e. The maximum atomic E-state index is 12.3. The monoisotopic (exact) mass is 352 g/mol. The van der Waals surface area contributed by atoms with E-state index in [1.54, 1.807) is 17.3 Å². The minimum absolute atomic E-state index is 0.00366. The number of nitriles is 1. The summed E-state index contributed by atoms with van der Waals surface area (Å²) >= 11 is 0. The molecule has 3 heterocycles. The lowest BCUT2D eigenvalue weighted by Crippen LogP contribution is -2.41. The van der Waals surface area contributed by atoms with Crippen LogP contribution in [0.3, 0.4) is 0 Å². The van der Waals surface area contributed by atoms with Crippen LogP contribution in [0.2, 0.25) is 0 Å². The van der Waals surface area contributed by atoms with Crippen molar-refractivity contribution >= 4 is 5.91 Å². The zero-order valence-corrected chi connectivity index (χ0v) is 15.2. The Morgan fingerprint density at radius 3 is 3.15 bits per heavy atom. The number of hydrogen-bond donors (Lipinski definition) is 2. The first-order valence-electron chi connectivity index (χ1n) is 8.97. The van der Waals surface area contributed by atoms with Gasteiger partial charge in [0.25, 0.3) is 0 Å². The van der Waals surface area contributed by atoms with Crippen molar-refractivity contribution < 1.29 is 4.79 Å². The molecule has 2 aromatic rings. The Kier molecular flexibility index (Phi) is 5.64. The second-order valence-corrected chi connectivity index (χ2v) is 6.74. The number of amides is 1. The third kappa shape index (κ3) is 3.92. The van der Waals surface area contributed by atoms with Crippen LogP contribution >= 0.6 is 0 Å². The van der Waals surface area contributed by atoms with Gasteiger partial charge in [-0.1, -0.05) is 6.92 Å². The Morgan fingerprint density at radius 2 is 2.42 bits per heavy atom. The molecule has 136 valence electrons. The minimum Gasteiger partial charge on any atom is -0.342 e. The van der Waals surface area contributed by atoms with Gasteiger partial charge in [0.2, 0.25) is 5.91 Å². The summed E-state index contributed by atoms with van der Waals surface area (Å²) in [5.74, 6) is 0.966. The summed E-state index contributed by atoms with van der Waals surface area (Å²) < 4.78 is 0. The number of H-pyrrole nitrogens is 1. The van der Waals surface area contributed by atoms with Gasteiger partial charge in [-0.2, -0.15) is 5.26 Å². The van der Waals surface area contributed by atoms with E-state index >= 15 is 0 Å². The fourth-order valence-electron chi connectivity index (χ4n) is 3.39. The van der Waals surface area contributed by atoms with Crippen LogP contribution in [0.15, 0.2) is 24.5 Å². The van der Waals surface area contributed by atoms with E-state index in [9.17, 15) is 4.79 Å². The van der Waals surface area contributed by atoms with Crippen molar-refractivity contribution in [2.75, 3.05) is 19.6 Å². The molecule has 0 bridgehead atoms. The fraction of sp³-hybridized carbons (Fsp3) is 0.474. The van der Waals surface area contributed by atoms with Crippen molar-refractivity contribution in [2.24, 2.45) is 0 Å². The number of pyridine rings is 1. The zero-order chi connectivity index (χ0) is 18.5. The third-order valence-electron chi connectivity index (χ3n) is 4.77. The molecule has 1 unspecified atom stereocenters. The summed E-state index contributed by atoms with van der Waals surface area (Å²) in [6, 6.07) is 5.79. The van der Waals surface area contributed by atoms with E-state index in [2.05, 4.69) is 28.3 Å². The molecule has 7 heteroatoms. The number of aryl methyl sites for hydroxylation is 1. The van der Waals surface area contributed by atoms with E-state index in [1.165, 1.54) is 0 Å². The number of rotatable bonds is 6. The molecule has 1 aliphatic heterocycles. The van der Waals surface area contributed by atoms with E-state index in [0.29, 0.717) is 13.1 Å². The number of aromatic nitrogens is 3. The molecule has 2 N–H and O–H groups in total. The first-order valence-corrected chi connectivity index (χ1v) is 8.97. The zero-order valence-electron chi connectivity index (χ0n) is 15.2. The SMILES string of the molecule is Cc1[nH]c(-c2cccnc2)nc1C(C)CNCC(=O)N1CCC[C@H]1C#N. The van der Waals surface area contributed by atoms with Gasteiger partial charge in [-0.25, -0.2) is 4.98 Å². The standard InChI is InChI=1S/C19H24N6O/c1-13(10-22-12-17(26)25-8-4-6-16(25)9-20)18-14(2)23-19(24-18)15-5-3-7-21-11-15/h3,5,7,11,13,16,22H,4,6,8,10,12H2,1-2H3,(H,23,24)/t13?,16-/m0/s1. The maximum Gasteiger partial charge on any atom is 0.237 e. The number of carbonyl (C=O) groups is 1. The largest absolute Gasteiger partial charge is 0.342 e. The normalized spacial score (nSPS) is 17.9. The lowest BCUT2D eigenvalue weighted by Gasteiger charge is -2.20. The molecule has 1 saturated heterocycles. The molecule has 2 atom stereocenters. The molecule has 1 amide bonds. The molecule has 26 heavy (non-hydrogen) atoms. The number of hydrogen-bond acceptors (Lipinski definition) is 5. The minimum atomic E-state index is -0.266. The number of nitrogens with one attached hydrogen (secondary N) is 2. The van der Waals surface area contributed by atoms with Crippen LogP contribution < -0.4 is 5.32 Å². The van der Waals surface area contributed by atoms with Crippen LogP contribution in [0.1, 0.15) is 37.1 Å². The highest BCUT2D eigenvalue weighted by molar-refractivity contribution is 5.79. The van der Waals surface area contributed by atoms with Gasteiger partial charge >= 0.3 is 0 Å². The Morgan fingerprint density at radius 1 is 1.58 bits per heavy atom. The van der Waals surface area contributed by atoms with E-state index in [4.69, 9.17) is 10.2 Å². The number of likely N-dealkylation sites (tertiary alicyclic amines) is 1. The van der Waals surface area contributed by atoms with Crippen molar-refractivity contribution in [1.82, 2.24) is 25.2 Å². The van der Waals surface area contributed by atoms with Crippen LogP contribution in [-0.4, -0.2) is 51.4 Å². The molecule has 1 fully saturated rings. The topological polar surface area (TPSA) is 97.7 Å². The van der Waals surface area contributed by atoms with Gasteiger partial charge in [-0.05, 0) is 31.9 Å². The first kappa shape index (κ1) is 18.1. The second-order valence-electron chi connectivity index (χ2n) is 6.74.